The Bertz CT molecular complexity index is 636. The standard InChI is InChI=1S/C15H22N2O3S.ClH/c1-11-9-14(20-2)5-6-15(11)21(18,19)17-8-7-12-3-4-13(10-17)16-12;/h5-6,9,12-13,16H,3-4,7-8,10H2,1-2H3;1H. The van der Waals surface area contributed by atoms with E-state index in [2.05, 4.69) is 5.32 Å². The molecule has 0 spiro atoms. The van der Waals surface area contributed by atoms with Gasteiger partial charge in [-0.3, -0.25) is 0 Å². The van der Waals surface area contributed by atoms with Crippen LogP contribution in [0.1, 0.15) is 24.8 Å². The van der Waals surface area contributed by atoms with Gasteiger partial charge in [0.05, 0.1) is 12.0 Å². The van der Waals surface area contributed by atoms with E-state index in [1.54, 1.807) is 29.6 Å². The van der Waals surface area contributed by atoms with Crippen molar-refractivity contribution in [1.82, 2.24) is 9.62 Å². The maximum atomic E-state index is 12.9. The zero-order valence-corrected chi connectivity index (χ0v) is 14.5. The second-order valence-electron chi connectivity index (χ2n) is 5.92. The van der Waals surface area contributed by atoms with Crippen LogP contribution < -0.4 is 10.1 Å². The molecule has 0 aliphatic carbocycles. The molecule has 1 aromatic carbocycles. The SMILES string of the molecule is COc1ccc(S(=O)(=O)N2CCC3CCC(C2)N3)c(C)c1.Cl. The van der Waals surface area contributed by atoms with E-state index >= 15 is 0 Å². The first kappa shape index (κ1) is 17.5. The van der Waals surface area contributed by atoms with Crippen LogP contribution in [0.5, 0.6) is 5.75 Å². The summed E-state index contributed by atoms with van der Waals surface area (Å²) in [5.41, 5.74) is 0.733. The van der Waals surface area contributed by atoms with Crippen LogP contribution in [0.15, 0.2) is 23.1 Å². The molecule has 3 rings (SSSR count). The molecule has 0 aromatic heterocycles. The highest BCUT2D eigenvalue weighted by Crippen LogP contribution is 2.28. The number of hydrogen-bond donors (Lipinski definition) is 1. The van der Waals surface area contributed by atoms with Crippen LogP contribution in [0.3, 0.4) is 0 Å². The topological polar surface area (TPSA) is 58.6 Å². The smallest absolute Gasteiger partial charge is 0.243 e. The summed E-state index contributed by atoms with van der Waals surface area (Å²) < 4.78 is 32.6. The van der Waals surface area contributed by atoms with Gasteiger partial charge in [0.15, 0.2) is 0 Å². The molecule has 22 heavy (non-hydrogen) atoms. The lowest BCUT2D eigenvalue weighted by Gasteiger charge is -2.24. The molecule has 2 atom stereocenters. The van der Waals surface area contributed by atoms with Gasteiger partial charge >= 0.3 is 0 Å². The Balaban J connectivity index is 0.00000176. The third kappa shape index (κ3) is 3.25. The molecule has 2 bridgehead atoms. The monoisotopic (exact) mass is 346 g/mol. The van der Waals surface area contributed by atoms with Crippen LogP contribution in [-0.4, -0.2) is 45.0 Å². The van der Waals surface area contributed by atoms with Crippen LogP contribution >= 0.6 is 12.4 Å². The zero-order valence-electron chi connectivity index (χ0n) is 12.9. The summed E-state index contributed by atoms with van der Waals surface area (Å²) >= 11 is 0. The summed E-state index contributed by atoms with van der Waals surface area (Å²) in [4.78, 5) is 0.390. The van der Waals surface area contributed by atoms with Gasteiger partial charge in [0.1, 0.15) is 5.75 Å². The van der Waals surface area contributed by atoms with Crippen molar-refractivity contribution in [3.63, 3.8) is 0 Å². The maximum absolute atomic E-state index is 12.9. The van der Waals surface area contributed by atoms with Gasteiger partial charge in [-0.15, -0.1) is 12.4 Å². The Labute approximate surface area is 138 Å². The van der Waals surface area contributed by atoms with Crippen molar-refractivity contribution in [2.75, 3.05) is 20.2 Å². The number of benzene rings is 1. The van der Waals surface area contributed by atoms with Crippen LogP contribution in [-0.2, 0) is 10.0 Å². The Morgan fingerprint density at radius 1 is 1.23 bits per heavy atom. The Kier molecular flexibility index (Phi) is 5.37. The van der Waals surface area contributed by atoms with Gasteiger partial charge in [0.2, 0.25) is 10.0 Å². The molecular formula is C15H23ClN2O3S. The molecule has 0 saturated carbocycles. The highest BCUT2D eigenvalue weighted by molar-refractivity contribution is 7.89. The molecule has 2 fully saturated rings. The molecule has 7 heteroatoms. The number of aryl methyl sites for hydroxylation is 1. The van der Waals surface area contributed by atoms with Crippen molar-refractivity contribution in [3.05, 3.63) is 23.8 Å². The summed E-state index contributed by atoms with van der Waals surface area (Å²) in [5.74, 6) is 0.683. The minimum atomic E-state index is -3.43. The fourth-order valence-electron chi connectivity index (χ4n) is 3.31. The third-order valence-electron chi connectivity index (χ3n) is 4.49. The van der Waals surface area contributed by atoms with E-state index < -0.39 is 10.0 Å². The van der Waals surface area contributed by atoms with Crippen molar-refractivity contribution >= 4 is 22.4 Å². The lowest BCUT2D eigenvalue weighted by atomic mass is 10.1. The first-order valence-corrected chi connectivity index (χ1v) is 8.85. The minimum absolute atomic E-state index is 0. The molecule has 5 nitrogen and oxygen atoms in total. The highest BCUT2D eigenvalue weighted by atomic mass is 35.5. The quantitative estimate of drug-likeness (QED) is 0.908. The summed E-state index contributed by atoms with van der Waals surface area (Å²) in [7, 11) is -1.84. The molecule has 0 radical (unpaired) electrons. The van der Waals surface area contributed by atoms with Crippen LogP contribution in [0, 0.1) is 6.92 Å². The highest BCUT2D eigenvalue weighted by Gasteiger charge is 2.35. The summed E-state index contributed by atoms with van der Waals surface area (Å²) in [6.07, 6.45) is 3.13. The number of halogens is 1. The minimum Gasteiger partial charge on any atom is -0.497 e. The van der Waals surface area contributed by atoms with E-state index in [-0.39, 0.29) is 12.4 Å². The van der Waals surface area contributed by atoms with E-state index in [1.165, 1.54) is 6.42 Å². The molecule has 124 valence electrons. The molecule has 2 saturated heterocycles. The maximum Gasteiger partial charge on any atom is 0.243 e. The molecule has 1 aromatic rings. The van der Waals surface area contributed by atoms with Crippen LogP contribution in [0.2, 0.25) is 0 Å². The zero-order chi connectivity index (χ0) is 15.0. The number of nitrogens with zero attached hydrogens (tertiary/aromatic N) is 1. The summed E-state index contributed by atoms with van der Waals surface area (Å²) in [5, 5.41) is 3.51. The van der Waals surface area contributed by atoms with Crippen LogP contribution in [0.25, 0.3) is 0 Å². The van der Waals surface area contributed by atoms with Gasteiger partial charge in [0, 0.05) is 25.2 Å². The Morgan fingerprint density at radius 3 is 2.64 bits per heavy atom. The van der Waals surface area contributed by atoms with Gasteiger partial charge in [-0.1, -0.05) is 0 Å². The molecular weight excluding hydrogens is 324 g/mol. The number of methoxy groups -OCH3 is 1. The Hall–Kier alpha value is -0.820. The predicted octanol–water partition coefficient (Wildman–Crippen LogP) is 1.94. The van der Waals surface area contributed by atoms with E-state index in [1.807, 2.05) is 6.92 Å². The van der Waals surface area contributed by atoms with Gasteiger partial charge in [-0.05, 0) is 49.9 Å². The molecule has 2 heterocycles. The first-order chi connectivity index (χ1) is 10.0. The number of sulfonamides is 1. The second-order valence-corrected chi connectivity index (χ2v) is 7.83. The lowest BCUT2D eigenvalue weighted by Crippen LogP contribution is -2.39. The largest absolute Gasteiger partial charge is 0.497 e. The molecule has 2 aliphatic rings. The number of ether oxygens (including phenoxy) is 1. The van der Waals surface area contributed by atoms with Crippen molar-refractivity contribution < 1.29 is 13.2 Å². The van der Waals surface area contributed by atoms with Crippen LogP contribution in [0.4, 0.5) is 0 Å². The van der Waals surface area contributed by atoms with E-state index in [0.29, 0.717) is 35.8 Å². The number of rotatable bonds is 3. The van der Waals surface area contributed by atoms with Crippen molar-refractivity contribution in [2.24, 2.45) is 0 Å². The van der Waals surface area contributed by atoms with E-state index in [4.69, 9.17) is 4.74 Å². The summed E-state index contributed by atoms with van der Waals surface area (Å²) in [6.45, 7) is 2.99. The van der Waals surface area contributed by atoms with Crippen molar-refractivity contribution in [3.8, 4) is 5.75 Å². The third-order valence-corrected chi connectivity index (χ3v) is 6.51. The fourth-order valence-corrected chi connectivity index (χ4v) is 5.01. The lowest BCUT2D eigenvalue weighted by molar-refractivity contribution is 0.383. The van der Waals surface area contributed by atoms with Crippen molar-refractivity contribution in [2.45, 2.75) is 43.2 Å². The number of nitrogens with one attached hydrogen (secondary N) is 1. The van der Waals surface area contributed by atoms with E-state index in [0.717, 1.165) is 18.4 Å². The first-order valence-electron chi connectivity index (χ1n) is 7.41. The van der Waals surface area contributed by atoms with Gasteiger partial charge in [0.25, 0.3) is 0 Å². The van der Waals surface area contributed by atoms with Gasteiger partial charge in [-0.2, -0.15) is 4.31 Å². The predicted molar refractivity (Wildman–Crippen MR) is 88.3 cm³/mol. The molecule has 1 N–H and O–H groups in total. The van der Waals surface area contributed by atoms with Gasteiger partial charge in [-0.25, -0.2) is 8.42 Å². The number of hydrogen-bond acceptors (Lipinski definition) is 4. The number of fused-ring (bicyclic) bond motifs is 2. The summed E-state index contributed by atoms with van der Waals surface area (Å²) in [6, 6.07) is 5.91. The Morgan fingerprint density at radius 2 is 1.95 bits per heavy atom. The molecule has 2 unspecified atom stereocenters. The van der Waals surface area contributed by atoms with E-state index in [9.17, 15) is 8.42 Å². The van der Waals surface area contributed by atoms with Gasteiger partial charge < -0.3 is 10.1 Å². The van der Waals surface area contributed by atoms with Crippen molar-refractivity contribution in [1.29, 1.82) is 0 Å². The normalized spacial score (nSPS) is 25.4. The second kappa shape index (κ2) is 6.74. The fraction of sp³-hybridized carbons (Fsp3) is 0.600. The average Bonchev–Trinajstić information content (AvgIpc) is 2.77. The molecule has 2 aliphatic heterocycles. The average molecular weight is 347 g/mol. The molecule has 0 amide bonds.